The lowest BCUT2D eigenvalue weighted by molar-refractivity contribution is 0.317. The van der Waals surface area contributed by atoms with E-state index in [1.807, 2.05) is 6.92 Å². The van der Waals surface area contributed by atoms with Gasteiger partial charge in [0.25, 0.3) is 0 Å². The van der Waals surface area contributed by atoms with E-state index < -0.39 is 0 Å². The molecule has 0 atom stereocenters. The van der Waals surface area contributed by atoms with Crippen molar-refractivity contribution in [3.05, 3.63) is 0 Å². The second kappa shape index (κ2) is 3.33. The standard InChI is InChI=1S/C4H8N2O/c1-3-4(5-2)6-7/h7H,2-3H2,1H3/b6-4-. The summed E-state index contributed by atoms with van der Waals surface area (Å²) in [7, 11) is 0. The Balaban J connectivity index is 3.60. The van der Waals surface area contributed by atoms with Crippen molar-refractivity contribution in [2.45, 2.75) is 13.3 Å². The van der Waals surface area contributed by atoms with E-state index in [0.717, 1.165) is 0 Å². The Hall–Kier alpha value is -0.860. The highest BCUT2D eigenvalue weighted by atomic mass is 16.4. The third-order valence-electron chi connectivity index (χ3n) is 0.614. The summed E-state index contributed by atoms with van der Waals surface area (Å²) in [4.78, 5) is 3.38. The lowest BCUT2D eigenvalue weighted by Crippen LogP contribution is -1.87. The van der Waals surface area contributed by atoms with Crippen molar-refractivity contribution in [3.63, 3.8) is 0 Å². The minimum atomic E-state index is 0.375. The van der Waals surface area contributed by atoms with Gasteiger partial charge >= 0.3 is 0 Å². The Morgan fingerprint density at radius 2 is 2.43 bits per heavy atom. The third kappa shape index (κ3) is 1.92. The molecule has 3 heteroatoms. The number of oxime groups is 1. The molecule has 1 N–H and O–H groups in total. The molecule has 0 aromatic rings. The molecule has 0 heterocycles. The molecule has 0 aliphatic heterocycles. The molecule has 40 valence electrons. The summed E-state index contributed by atoms with van der Waals surface area (Å²) in [5.74, 6) is 0.375. The molecule has 0 radical (unpaired) electrons. The van der Waals surface area contributed by atoms with Crippen molar-refractivity contribution >= 4 is 12.6 Å². The normalized spacial score (nSPS) is 11.3. The maximum Gasteiger partial charge on any atom is 0.166 e. The van der Waals surface area contributed by atoms with Crippen LogP contribution in [-0.2, 0) is 0 Å². The zero-order valence-corrected chi connectivity index (χ0v) is 4.26. The quantitative estimate of drug-likeness (QED) is 0.226. The Morgan fingerprint density at radius 1 is 1.86 bits per heavy atom. The van der Waals surface area contributed by atoms with E-state index in [1.165, 1.54) is 0 Å². The second-order valence-electron chi connectivity index (χ2n) is 1.03. The van der Waals surface area contributed by atoms with Crippen LogP contribution in [0.15, 0.2) is 10.1 Å². The van der Waals surface area contributed by atoms with Crippen molar-refractivity contribution in [1.29, 1.82) is 0 Å². The first-order chi connectivity index (χ1) is 3.35. The van der Waals surface area contributed by atoms with Crippen molar-refractivity contribution in [1.82, 2.24) is 0 Å². The van der Waals surface area contributed by atoms with Gasteiger partial charge in [-0.15, -0.1) is 0 Å². The number of aliphatic imine (C=N–C) groups is 1. The Labute approximate surface area is 42.4 Å². The minimum Gasteiger partial charge on any atom is -0.409 e. The smallest absolute Gasteiger partial charge is 0.166 e. The lowest BCUT2D eigenvalue weighted by Gasteiger charge is -1.84. The average Bonchev–Trinajstić information content (AvgIpc) is 1.72. The topological polar surface area (TPSA) is 45.0 Å². The van der Waals surface area contributed by atoms with Gasteiger partial charge in [-0.2, -0.15) is 0 Å². The molecule has 0 spiro atoms. The van der Waals surface area contributed by atoms with Gasteiger partial charge in [-0.1, -0.05) is 12.1 Å². The van der Waals surface area contributed by atoms with Crippen LogP contribution in [-0.4, -0.2) is 17.8 Å². The number of amidine groups is 1. The predicted molar refractivity (Wildman–Crippen MR) is 29.1 cm³/mol. The minimum absolute atomic E-state index is 0.375. The van der Waals surface area contributed by atoms with Crippen LogP contribution in [0, 0.1) is 0 Å². The van der Waals surface area contributed by atoms with Gasteiger partial charge in [0, 0.05) is 6.42 Å². The number of nitrogens with zero attached hydrogens (tertiary/aromatic N) is 2. The van der Waals surface area contributed by atoms with Crippen LogP contribution < -0.4 is 0 Å². The van der Waals surface area contributed by atoms with Crippen LogP contribution >= 0.6 is 0 Å². The van der Waals surface area contributed by atoms with Crippen molar-refractivity contribution in [2.24, 2.45) is 10.1 Å². The van der Waals surface area contributed by atoms with E-state index in [1.54, 1.807) is 0 Å². The summed E-state index contributed by atoms with van der Waals surface area (Å²) in [6.07, 6.45) is 0.625. The molecular formula is C4H8N2O. The van der Waals surface area contributed by atoms with Gasteiger partial charge < -0.3 is 5.21 Å². The van der Waals surface area contributed by atoms with Gasteiger partial charge in [0.2, 0.25) is 0 Å². The molecule has 0 saturated carbocycles. The van der Waals surface area contributed by atoms with E-state index >= 15 is 0 Å². The van der Waals surface area contributed by atoms with E-state index in [-0.39, 0.29) is 0 Å². The Bertz CT molecular complexity index is 87.7. The van der Waals surface area contributed by atoms with E-state index in [2.05, 4.69) is 16.9 Å². The summed E-state index contributed by atoms with van der Waals surface area (Å²) in [5, 5.41) is 10.8. The van der Waals surface area contributed by atoms with Crippen LogP contribution in [0.4, 0.5) is 0 Å². The molecule has 0 fully saturated rings. The number of rotatable bonds is 1. The molecule has 0 aliphatic rings. The average molecular weight is 100 g/mol. The summed E-state index contributed by atoms with van der Waals surface area (Å²) in [6.45, 7) is 5.00. The van der Waals surface area contributed by atoms with Gasteiger partial charge in [-0.05, 0) is 6.72 Å². The molecule has 0 unspecified atom stereocenters. The van der Waals surface area contributed by atoms with Gasteiger partial charge in [0.15, 0.2) is 5.84 Å². The molecule has 0 saturated heterocycles. The molecule has 0 amide bonds. The lowest BCUT2D eigenvalue weighted by atomic mass is 10.5. The van der Waals surface area contributed by atoms with E-state index in [0.29, 0.717) is 12.3 Å². The maximum absolute atomic E-state index is 7.98. The first kappa shape index (κ1) is 6.14. The molecule has 0 aliphatic carbocycles. The zero-order chi connectivity index (χ0) is 5.70. The third-order valence-corrected chi connectivity index (χ3v) is 0.614. The van der Waals surface area contributed by atoms with Crippen LogP contribution in [0.3, 0.4) is 0 Å². The summed E-state index contributed by atoms with van der Waals surface area (Å²) in [5.41, 5.74) is 0. The molecule has 0 bridgehead atoms. The van der Waals surface area contributed by atoms with E-state index in [4.69, 9.17) is 5.21 Å². The number of hydrogen-bond acceptors (Lipinski definition) is 2. The molecule has 0 rings (SSSR count). The SMILES string of the molecule is C=N/C(CC)=N\O. The predicted octanol–water partition coefficient (Wildman–Crippen LogP) is 0.885. The first-order valence-electron chi connectivity index (χ1n) is 2.02. The highest BCUT2D eigenvalue weighted by Crippen LogP contribution is 1.81. The monoisotopic (exact) mass is 100 g/mol. The fraction of sp³-hybridized carbons (Fsp3) is 0.500. The fourth-order valence-electron chi connectivity index (χ4n) is 0.214. The molecule has 3 nitrogen and oxygen atoms in total. The summed E-state index contributed by atoms with van der Waals surface area (Å²) < 4.78 is 0. The van der Waals surface area contributed by atoms with Gasteiger partial charge in [0.1, 0.15) is 0 Å². The van der Waals surface area contributed by atoms with Crippen molar-refractivity contribution in [3.8, 4) is 0 Å². The number of hydrogen-bond donors (Lipinski definition) is 1. The highest BCUT2D eigenvalue weighted by molar-refractivity contribution is 5.85. The Kier molecular flexibility index (Phi) is 2.92. The Morgan fingerprint density at radius 3 is 2.43 bits per heavy atom. The van der Waals surface area contributed by atoms with E-state index in [9.17, 15) is 0 Å². The summed E-state index contributed by atoms with van der Waals surface area (Å²) in [6, 6.07) is 0. The largest absolute Gasteiger partial charge is 0.409 e. The van der Waals surface area contributed by atoms with Crippen LogP contribution in [0.5, 0.6) is 0 Å². The fourth-order valence-corrected chi connectivity index (χ4v) is 0.214. The maximum atomic E-state index is 7.98. The molecule has 0 aromatic heterocycles. The first-order valence-corrected chi connectivity index (χ1v) is 2.02. The molecular weight excluding hydrogens is 92.1 g/mol. The van der Waals surface area contributed by atoms with Crippen molar-refractivity contribution < 1.29 is 5.21 Å². The highest BCUT2D eigenvalue weighted by Gasteiger charge is 1.84. The summed E-state index contributed by atoms with van der Waals surface area (Å²) >= 11 is 0. The van der Waals surface area contributed by atoms with Crippen LogP contribution in [0.25, 0.3) is 0 Å². The van der Waals surface area contributed by atoms with Gasteiger partial charge in [-0.3, -0.25) is 0 Å². The van der Waals surface area contributed by atoms with Gasteiger partial charge in [0.05, 0.1) is 0 Å². The van der Waals surface area contributed by atoms with Crippen LogP contribution in [0.2, 0.25) is 0 Å². The molecule has 7 heavy (non-hydrogen) atoms. The van der Waals surface area contributed by atoms with Gasteiger partial charge in [-0.25, -0.2) is 4.99 Å². The zero-order valence-electron chi connectivity index (χ0n) is 4.26. The second-order valence-corrected chi connectivity index (χ2v) is 1.03. The van der Waals surface area contributed by atoms with Crippen molar-refractivity contribution in [2.75, 3.05) is 0 Å². The van der Waals surface area contributed by atoms with Crippen LogP contribution in [0.1, 0.15) is 13.3 Å². The molecule has 0 aromatic carbocycles.